The number of hydrogen-bond donors (Lipinski definition) is 0. The van der Waals surface area contributed by atoms with Gasteiger partial charge in [0.05, 0.1) is 11.3 Å². The average molecular weight is 288 g/mol. The van der Waals surface area contributed by atoms with Crippen LogP contribution in [0.4, 0.5) is 0 Å². The lowest BCUT2D eigenvalue weighted by molar-refractivity contribution is 0.598. The van der Waals surface area contributed by atoms with Crippen molar-refractivity contribution in [2.24, 2.45) is 0 Å². The smallest absolute Gasteiger partial charge is 0.234 e. The van der Waals surface area contributed by atoms with Gasteiger partial charge in [0.2, 0.25) is 4.96 Å². The summed E-state index contributed by atoms with van der Waals surface area (Å²) in [6.07, 6.45) is 5.58. The Morgan fingerprint density at radius 2 is 2.15 bits per heavy atom. The highest BCUT2D eigenvalue weighted by Crippen LogP contribution is 2.40. The van der Waals surface area contributed by atoms with Crippen molar-refractivity contribution in [3.63, 3.8) is 0 Å². The second-order valence-corrected chi connectivity index (χ2v) is 6.28. The van der Waals surface area contributed by atoms with Gasteiger partial charge in [-0.15, -0.1) is 10.2 Å². The molecule has 0 aliphatic heterocycles. The molecule has 0 atom stereocenters. The lowest BCUT2D eigenvalue weighted by atomic mass is 10.3. The van der Waals surface area contributed by atoms with Gasteiger partial charge in [-0.1, -0.05) is 18.3 Å². The lowest BCUT2D eigenvalue weighted by Gasteiger charge is -1.94. The summed E-state index contributed by atoms with van der Waals surface area (Å²) in [6.45, 7) is 5.13. The van der Waals surface area contributed by atoms with Crippen molar-refractivity contribution < 1.29 is 0 Å². The predicted molar refractivity (Wildman–Crippen MR) is 76.9 cm³/mol. The molecule has 3 aromatic heterocycles. The number of fused-ring (bicyclic) bond motifs is 1. The lowest BCUT2D eigenvalue weighted by Crippen LogP contribution is -1.96. The predicted octanol–water partition coefficient (Wildman–Crippen LogP) is 2.65. The van der Waals surface area contributed by atoms with Gasteiger partial charge in [0.1, 0.15) is 0 Å². The zero-order valence-corrected chi connectivity index (χ0v) is 12.4. The Morgan fingerprint density at radius 3 is 2.90 bits per heavy atom. The van der Waals surface area contributed by atoms with E-state index < -0.39 is 0 Å². The quantitative estimate of drug-likeness (QED) is 0.740. The Bertz CT molecular complexity index is 763. The van der Waals surface area contributed by atoms with Crippen LogP contribution in [0.2, 0.25) is 0 Å². The summed E-state index contributed by atoms with van der Waals surface area (Å²) in [5.41, 5.74) is 2.13. The highest BCUT2D eigenvalue weighted by atomic mass is 32.1. The minimum atomic E-state index is 0.559. The van der Waals surface area contributed by atoms with E-state index in [-0.39, 0.29) is 0 Å². The van der Waals surface area contributed by atoms with Crippen LogP contribution >= 0.6 is 11.3 Å². The van der Waals surface area contributed by atoms with E-state index in [0.717, 1.165) is 40.0 Å². The zero-order valence-electron chi connectivity index (χ0n) is 11.6. The molecule has 0 bridgehead atoms. The summed E-state index contributed by atoms with van der Waals surface area (Å²) in [4.78, 5) is 0.879. The molecule has 0 saturated heterocycles. The molecule has 0 aromatic carbocycles. The summed E-state index contributed by atoms with van der Waals surface area (Å²) >= 11 is 1.59. The Balaban J connectivity index is 1.77. The molecule has 0 spiro atoms. The number of hydrogen-bond acceptors (Lipinski definition) is 5. The van der Waals surface area contributed by atoms with E-state index in [1.807, 2.05) is 16.1 Å². The van der Waals surface area contributed by atoms with Gasteiger partial charge in [0, 0.05) is 18.7 Å². The van der Waals surface area contributed by atoms with Crippen LogP contribution in [-0.2, 0) is 6.54 Å². The van der Waals surface area contributed by atoms with Crippen molar-refractivity contribution in [3.8, 4) is 10.6 Å². The molecule has 6 nitrogen and oxygen atoms in total. The molecule has 0 amide bonds. The molecule has 7 heteroatoms. The molecule has 0 unspecified atom stereocenters. The maximum atomic E-state index is 4.70. The van der Waals surface area contributed by atoms with Gasteiger partial charge in [0.25, 0.3) is 0 Å². The Kier molecular flexibility index (Phi) is 2.63. The molecular formula is C13H16N6S. The molecule has 0 N–H and O–H groups in total. The molecule has 1 saturated carbocycles. The van der Waals surface area contributed by atoms with Crippen molar-refractivity contribution in [2.75, 3.05) is 0 Å². The van der Waals surface area contributed by atoms with Crippen molar-refractivity contribution in [1.29, 1.82) is 0 Å². The maximum absolute atomic E-state index is 4.70. The minimum Gasteiger partial charge on any atom is -0.272 e. The van der Waals surface area contributed by atoms with Crippen molar-refractivity contribution in [2.45, 2.75) is 45.6 Å². The molecule has 1 aliphatic carbocycles. The van der Waals surface area contributed by atoms with E-state index in [2.05, 4.69) is 28.4 Å². The van der Waals surface area contributed by atoms with Crippen LogP contribution in [0.3, 0.4) is 0 Å². The Hall–Kier alpha value is -1.76. The van der Waals surface area contributed by atoms with E-state index in [1.54, 1.807) is 11.3 Å². The summed E-state index contributed by atoms with van der Waals surface area (Å²) < 4.78 is 3.91. The molecule has 3 aromatic rings. The molecule has 0 radical (unpaired) electrons. The standard InChI is InChI=1S/C13H16N6S/c1-3-6-18-7-10(8(2)16-18)12-17-19-11(9-4-5-9)14-15-13(19)20-12/h7,9H,3-6H2,1-2H3. The highest BCUT2D eigenvalue weighted by Gasteiger charge is 2.30. The maximum Gasteiger partial charge on any atom is 0.234 e. The van der Waals surface area contributed by atoms with Crippen molar-refractivity contribution in [1.82, 2.24) is 29.6 Å². The Morgan fingerprint density at radius 1 is 1.30 bits per heavy atom. The van der Waals surface area contributed by atoms with Gasteiger partial charge >= 0.3 is 0 Å². The van der Waals surface area contributed by atoms with Crippen LogP contribution in [-0.4, -0.2) is 29.6 Å². The van der Waals surface area contributed by atoms with Crippen LogP contribution in [0.1, 0.15) is 43.6 Å². The number of aryl methyl sites for hydroxylation is 2. The first-order chi connectivity index (χ1) is 9.76. The second kappa shape index (κ2) is 4.37. The van der Waals surface area contributed by atoms with E-state index in [1.165, 1.54) is 12.8 Å². The molecule has 3 heterocycles. The monoisotopic (exact) mass is 288 g/mol. The first-order valence-electron chi connectivity index (χ1n) is 7.03. The average Bonchev–Trinajstić information content (AvgIpc) is 2.89. The fourth-order valence-corrected chi connectivity index (χ4v) is 3.32. The van der Waals surface area contributed by atoms with Crippen LogP contribution in [0.15, 0.2) is 6.20 Å². The van der Waals surface area contributed by atoms with Crippen molar-refractivity contribution in [3.05, 3.63) is 17.7 Å². The molecular weight excluding hydrogens is 272 g/mol. The minimum absolute atomic E-state index is 0.559. The summed E-state index contributed by atoms with van der Waals surface area (Å²) in [5, 5.41) is 18.7. The molecule has 1 fully saturated rings. The number of rotatable bonds is 4. The van der Waals surface area contributed by atoms with Gasteiger partial charge < -0.3 is 0 Å². The molecule has 20 heavy (non-hydrogen) atoms. The van der Waals surface area contributed by atoms with Gasteiger partial charge in [-0.3, -0.25) is 4.68 Å². The van der Waals surface area contributed by atoms with Crippen LogP contribution < -0.4 is 0 Å². The normalized spacial score (nSPS) is 15.3. The molecule has 104 valence electrons. The van der Waals surface area contributed by atoms with Gasteiger partial charge in [-0.25, -0.2) is 0 Å². The van der Waals surface area contributed by atoms with Crippen LogP contribution in [0.5, 0.6) is 0 Å². The number of aromatic nitrogens is 6. The molecule has 4 rings (SSSR count). The largest absolute Gasteiger partial charge is 0.272 e. The SMILES string of the molecule is CCCn1cc(-c2nn3c(C4CC4)nnc3s2)c(C)n1. The van der Waals surface area contributed by atoms with E-state index in [9.17, 15) is 0 Å². The first kappa shape index (κ1) is 12.0. The van der Waals surface area contributed by atoms with Gasteiger partial charge in [0.15, 0.2) is 10.8 Å². The third kappa shape index (κ3) is 1.84. The fraction of sp³-hybridized carbons (Fsp3) is 0.538. The summed E-state index contributed by atoms with van der Waals surface area (Å²) in [7, 11) is 0. The van der Waals surface area contributed by atoms with Crippen LogP contribution in [0, 0.1) is 6.92 Å². The highest BCUT2D eigenvalue weighted by molar-refractivity contribution is 7.19. The van der Waals surface area contributed by atoms with Crippen LogP contribution in [0.25, 0.3) is 15.5 Å². The topological polar surface area (TPSA) is 60.9 Å². The summed E-state index contributed by atoms with van der Waals surface area (Å²) in [6, 6.07) is 0. The first-order valence-corrected chi connectivity index (χ1v) is 7.84. The Labute approximate surface area is 120 Å². The van der Waals surface area contributed by atoms with Gasteiger partial charge in [-0.2, -0.15) is 14.7 Å². The van der Waals surface area contributed by atoms with E-state index in [4.69, 9.17) is 5.10 Å². The fourth-order valence-electron chi connectivity index (χ4n) is 2.41. The van der Waals surface area contributed by atoms with Gasteiger partial charge in [-0.05, 0) is 26.2 Å². The summed E-state index contributed by atoms with van der Waals surface area (Å²) in [5.74, 6) is 1.57. The molecule has 1 aliphatic rings. The van der Waals surface area contributed by atoms with E-state index >= 15 is 0 Å². The zero-order chi connectivity index (χ0) is 13.7. The van der Waals surface area contributed by atoms with E-state index in [0.29, 0.717) is 5.92 Å². The third-order valence-electron chi connectivity index (χ3n) is 3.59. The van der Waals surface area contributed by atoms with Crippen molar-refractivity contribution >= 4 is 16.3 Å². The second-order valence-electron chi connectivity index (χ2n) is 5.33. The number of nitrogens with zero attached hydrogens (tertiary/aromatic N) is 6. The third-order valence-corrected chi connectivity index (χ3v) is 4.52.